The van der Waals surface area contributed by atoms with Crippen LogP contribution in [0.25, 0.3) is 0 Å². The van der Waals surface area contributed by atoms with Crippen molar-refractivity contribution in [1.29, 1.82) is 0 Å². The summed E-state index contributed by atoms with van der Waals surface area (Å²) in [6, 6.07) is 0.00579. The molecular weight excluding hydrogens is 154 g/mol. The van der Waals surface area contributed by atoms with Gasteiger partial charge in [-0.05, 0) is 17.8 Å². The second kappa shape index (κ2) is 2.22. The molecule has 12 heavy (non-hydrogen) atoms. The van der Waals surface area contributed by atoms with E-state index in [-0.39, 0.29) is 29.9 Å². The average molecular weight is 169 g/mol. The number of rotatable bonds is 1. The maximum atomic E-state index is 11.3. The van der Waals surface area contributed by atoms with Crippen LogP contribution in [0.1, 0.15) is 20.3 Å². The zero-order valence-corrected chi connectivity index (χ0v) is 7.50. The SMILES string of the molecule is CC1(C)CC2C(=O)NC(CO)C21. The number of aliphatic hydroxyl groups excluding tert-OH is 1. The second-order valence-electron chi connectivity index (χ2n) is 4.62. The number of carbonyl (C=O) groups excluding carboxylic acids is 1. The third kappa shape index (κ3) is 0.829. The van der Waals surface area contributed by atoms with Gasteiger partial charge < -0.3 is 10.4 Å². The fraction of sp³-hybridized carbons (Fsp3) is 0.889. The summed E-state index contributed by atoms with van der Waals surface area (Å²) in [6.07, 6.45) is 0.972. The molecule has 0 aromatic heterocycles. The van der Waals surface area contributed by atoms with Crippen molar-refractivity contribution in [3.8, 4) is 0 Å². The predicted molar refractivity (Wildman–Crippen MR) is 44.4 cm³/mol. The molecule has 0 bridgehead atoms. The Balaban J connectivity index is 2.18. The Morgan fingerprint density at radius 1 is 1.67 bits per heavy atom. The molecule has 3 heteroatoms. The van der Waals surface area contributed by atoms with Crippen LogP contribution in [0.4, 0.5) is 0 Å². The Hall–Kier alpha value is -0.570. The minimum Gasteiger partial charge on any atom is -0.394 e. The Labute approximate surface area is 72.2 Å². The lowest BCUT2D eigenvalue weighted by Gasteiger charge is -2.48. The van der Waals surface area contributed by atoms with Gasteiger partial charge >= 0.3 is 0 Å². The summed E-state index contributed by atoms with van der Waals surface area (Å²) in [5.74, 6) is 0.672. The molecule has 0 radical (unpaired) electrons. The van der Waals surface area contributed by atoms with E-state index in [1.807, 2.05) is 0 Å². The molecule has 1 heterocycles. The van der Waals surface area contributed by atoms with E-state index in [0.29, 0.717) is 5.92 Å². The molecule has 68 valence electrons. The van der Waals surface area contributed by atoms with Crippen LogP contribution < -0.4 is 5.32 Å². The number of amides is 1. The average Bonchev–Trinajstić information content (AvgIpc) is 2.24. The van der Waals surface area contributed by atoms with Crippen molar-refractivity contribution in [2.45, 2.75) is 26.3 Å². The minimum absolute atomic E-state index is 0.00579. The van der Waals surface area contributed by atoms with Gasteiger partial charge in [-0.15, -0.1) is 0 Å². The topological polar surface area (TPSA) is 49.3 Å². The fourth-order valence-corrected chi connectivity index (χ4v) is 2.83. The molecule has 2 fully saturated rings. The van der Waals surface area contributed by atoms with Crippen LogP contribution in [0, 0.1) is 17.3 Å². The van der Waals surface area contributed by atoms with Crippen molar-refractivity contribution in [3.63, 3.8) is 0 Å². The third-order valence-electron chi connectivity index (χ3n) is 3.38. The summed E-state index contributed by atoms with van der Waals surface area (Å²) in [6.45, 7) is 4.41. The Kier molecular flexibility index (Phi) is 1.49. The lowest BCUT2D eigenvalue weighted by Crippen LogP contribution is -2.48. The predicted octanol–water partition coefficient (Wildman–Crippen LogP) is 0.139. The van der Waals surface area contributed by atoms with Crippen molar-refractivity contribution in [2.24, 2.45) is 17.3 Å². The summed E-state index contributed by atoms with van der Waals surface area (Å²) >= 11 is 0. The zero-order chi connectivity index (χ0) is 8.93. The number of carbonyl (C=O) groups is 1. The molecule has 1 aliphatic carbocycles. The van der Waals surface area contributed by atoms with Crippen LogP contribution in [0.3, 0.4) is 0 Å². The smallest absolute Gasteiger partial charge is 0.223 e. The fourth-order valence-electron chi connectivity index (χ4n) is 2.83. The van der Waals surface area contributed by atoms with Crippen molar-refractivity contribution in [1.82, 2.24) is 5.32 Å². The van der Waals surface area contributed by atoms with Gasteiger partial charge in [-0.3, -0.25) is 4.79 Å². The van der Waals surface area contributed by atoms with Crippen LogP contribution in [-0.4, -0.2) is 23.7 Å². The standard InChI is InChI=1S/C9H15NO2/c1-9(2)3-5-7(9)6(4-11)10-8(5)12/h5-7,11H,3-4H2,1-2H3,(H,10,12). The molecule has 2 aliphatic rings. The molecule has 2 N–H and O–H groups in total. The maximum absolute atomic E-state index is 11.3. The highest BCUT2D eigenvalue weighted by molar-refractivity contribution is 5.83. The summed E-state index contributed by atoms with van der Waals surface area (Å²) in [4.78, 5) is 11.3. The molecule has 2 rings (SSSR count). The molecule has 3 unspecified atom stereocenters. The van der Waals surface area contributed by atoms with Gasteiger partial charge in [0.1, 0.15) is 0 Å². The van der Waals surface area contributed by atoms with E-state index in [1.165, 1.54) is 0 Å². The Morgan fingerprint density at radius 2 is 2.33 bits per heavy atom. The normalized spacial score (nSPS) is 43.2. The van der Waals surface area contributed by atoms with E-state index in [1.54, 1.807) is 0 Å². The van der Waals surface area contributed by atoms with Crippen molar-refractivity contribution < 1.29 is 9.90 Å². The first-order valence-corrected chi connectivity index (χ1v) is 4.47. The molecular formula is C9H15NO2. The highest BCUT2D eigenvalue weighted by atomic mass is 16.3. The summed E-state index contributed by atoms with van der Waals surface area (Å²) in [5.41, 5.74) is 0.233. The molecule has 3 atom stereocenters. The Morgan fingerprint density at radius 3 is 2.75 bits per heavy atom. The Bertz CT molecular complexity index is 225. The second-order valence-corrected chi connectivity index (χ2v) is 4.62. The monoisotopic (exact) mass is 169 g/mol. The van der Waals surface area contributed by atoms with Gasteiger partial charge in [0.05, 0.1) is 12.6 Å². The minimum atomic E-state index is 0.00579. The van der Waals surface area contributed by atoms with Gasteiger partial charge in [0.15, 0.2) is 0 Å². The number of fused-ring (bicyclic) bond motifs is 1. The zero-order valence-electron chi connectivity index (χ0n) is 7.50. The summed E-state index contributed by atoms with van der Waals surface area (Å²) in [5, 5.41) is 11.9. The first-order valence-electron chi connectivity index (χ1n) is 4.47. The maximum Gasteiger partial charge on any atom is 0.223 e. The van der Waals surface area contributed by atoms with Gasteiger partial charge in [-0.1, -0.05) is 13.8 Å². The highest BCUT2D eigenvalue weighted by Crippen LogP contribution is 2.54. The van der Waals surface area contributed by atoms with Gasteiger partial charge in [-0.2, -0.15) is 0 Å². The van der Waals surface area contributed by atoms with Gasteiger partial charge in [0.25, 0.3) is 0 Å². The van der Waals surface area contributed by atoms with Gasteiger partial charge in [0.2, 0.25) is 5.91 Å². The lowest BCUT2D eigenvalue weighted by molar-refractivity contribution is -0.129. The molecule has 0 aromatic carbocycles. The van der Waals surface area contributed by atoms with Crippen molar-refractivity contribution in [2.75, 3.05) is 6.61 Å². The van der Waals surface area contributed by atoms with Gasteiger partial charge in [-0.25, -0.2) is 0 Å². The molecule has 0 aromatic rings. The van der Waals surface area contributed by atoms with Crippen molar-refractivity contribution in [3.05, 3.63) is 0 Å². The van der Waals surface area contributed by atoms with E-state index in [4.69, 9.17) is 5.11 Å². The van der Waals surface area contributed by atoms with Crippen LogP contribution >= 0.6 is 0 Å². The first-order chi connectivity index (χ1) is 5.56. The number of aliphatic hydroxyl groups is 1. The molecule has 1 amide bonds. The summed E-state index contributed by atoms with van der Waals surface area (Å²) < 4.78 is 0. The number of nitrogens with one attached hydrogen (secondary N) is 1. The van der Waals surface area contributed by atoms with E-state index >= 15 is 0 Å². The largest absolute Gasteiger partial charge is 0.394 e. The summed E-state index contributed by atoms with van der Waals surface area (Å²) in [7, 11) is 0. The molecule has 1 aliphatic heterocycles. The van der Waals surface area contributed by atoms with Crippen LogP contribution in [-0.2, 0) is 4.79 Å². The van der Waals surface area contributed by atoms with Crippen LogP contribution in [0.5, 0.6) is 0 Å². The number of hydrogen-bond acceptors (Lipinski definition) is 2. The molecule has 1 saturated carbocycles. The molecule has 1 saturated heterocycles. The van der Waals surface area contributed by atoms with Gasteiger partial charge in [0, 0.05) is 5.92 Å². The van der Waals surface area contributed by atoms with E-state index in [0.717, 1.165) is 6.42 Å². The van der Waals surface area contributed by atoms with E-state index < -0.39 is 0 Å². The van der Waals surface area contributed by atoms with Crippen molar-refractivity contribution >= 4 is 5.91 Å². The first kappa shape index (κ1) is 8.05. The van der Waals surface area contributed by atoms with E-state index in [9.17, 15) is 4.79 Å². The van der Waals surface area contributed by atoms with E-state index in [2.05, 4.69) is 19.2 Å². The number of hydrogen-bond donors (Lipinski definition) is 2. The van der Waals surface area contributed by atoms with Crippen LogP contribution in [0.2, 0.25) is 0 Å². The molecule has 0 spiro atoms. The third-order valence-corrected chi connectivity index (χ3v) is 3.38. The van der Waals surface area contributed by atoms with Crippen LogP contribution in [0.15, 0.2) is 0 Å². The lowest BCUT2D eigenvalue weighted by atomic mass is 9.55. The molecule has 3 nitrogen and oxygen atoms in total. The highest BCUT2D eigenvalue weighted by Gasteiger charge is 2.58. The quantitative estimate of drug-likeness (QED) is 0.586.